The highest BCUT2D eigenvalue weighted by molar-refractivity contribution is 5.22. The molecule has 0 spiro atoms. The van der Waals surface area contributed by atoms with Crippen LogP contribution < -0.4 is 5.32 Å². The lowest BCUT2D eigenvalue weighted by molar-refractivity contribution is 0.282. The number of hydrogen-bond acceptors (Lipinski definition) is 2. The maximum Gasteiger partial charge on any atom is 0.194 e. The first-order valence-electron chi connectivity index (χ1n) is 6.13. The predicted molar refractivity (Wildman–Crippen MR) is 69.2 cm³/mol. The number of aliphatic hydroxyl groups excluding tert-OH is 1. The van der Waals surface area contributed by atoms with E-state index in [9.17, 15) is 13.2 Å². The van der Waals surface area contributed by atoms with Gasteiger partial charge < -0.3 is 10.4 Å². The molecule has 5 heteroatoms. The Morgan fingerprint density at radius 2 is 1.30 bits per heavy atom. The monoisotopic (exact) mass is 281 g/mol. The van der Waals surface area contributed by atoms with Crippen LogP contribution in [0.3, 0.4) is 0 Å². The molecule has 0 radical (unpaired) electrons. The second-order valence-corrected chi connectivity index (χ2v) is 4.45. The minimum atomic E-state index is -1.45. The highest BCUT2D eigenvalue weighted by atomic mass is 19.2. The van der Waals surface area contributed by atoms with Gasteiger partial charge in [-0.05, 0) is 28.8 Å². The van der Waals surface area contributed by atoms with Crippen LogP contribution >= 0.6 is 0 Å². The van der Waals surface area contributed by atoms with Crippen molar-refractivity contribution in [3.05, 3.63) is 70.5 Å². The molecule has 0 atom stereocenters. The van der Waals surface area contributed by atoms with Crippen LogP contribution in [0.4, 0.5) is 13.2 Å². The van der Waals surface area contributed by atoms with Gasteiger partial charge in [0.15, 0.2) is 17.5 Å². The summed E-state index contributed by atoms with van der Waals surface area (Å²) in [5.74, 6) is -3.82. The quantitative estimate of drug-likeness (QED) is 0.826. The van der Waals surface area contributed by atoms with Crippen molar-refractivity contribution in [2.45, 2.75) is 19.7 Å². The standard InChI is InChI=1S/C15H14F3NO/c16-13-5-12(6-14(17)15(13)18)8-19-7-10-1-3-11(9-20)4-2-10/h1-6,19-20H,7-9H2. The Bertz CT molecular complexity index is 561. The third-order valence-electron chi connectivity index (χ3n) is 2.91. The minimum absolute atomic E-state index is 0.0121. The molecule has 0 heterocycles. The Morgan fingerprint density at radius 1 is 0.800 bits per heavy atom. The van der Waals surface area contributed by atoms with E-state index >= 15 is 0 Å². The van der Waals surface area contributed by atoms with Gasteiger partial charge in [-0.2, -0.15) is 0 Å². The summed E-state index contributed by atoms with van der Waals surface area (Å²) in [4.78, 5) is 0. The topological polar surface area (TPSA) is 32.3 Å². The van der Waals surface area contributed by atoms with E-state index in [1.54, 1.807) is 12.1 Å². The fraction of sp³-hybridized carbons (Fsp3) is 0.200. The fourth-order valence-electron chi connectivity index (χ4n) is 1.82. The fourth-order valence-corrected chi connectivity index (χ4v) is 1.82. The Morgan fingerprint density at radius 3 is 1.85 bits per heavy atom. The molecule has 0 aromatic heterocycles. The van der Waals surface area contributed by atoms with Gasteiger partial charge in [0.1, 0.15) is 0 Å². The summed E-state index contributed by atoms with van der Waals surface area (Å²) in [5.41, 5.74) is 2.13. The molecule has 20 heavy (non-hydrogen) atoms. The van der Waals surface area contributed by atoms with E-state index in [0.29, 0.717) is 12.1 Å². The molecule has 2 aromatic carbocycles. The van der Waals surface area contributed by atoms with Crippen molar-refractivity contribution in [2.75, 3.05) is 0 Å². The molecule has 0 bridgehead atoms. The molecule has 0 unspecified atom stereocenters. The summed E-state index contributed by atoms with van der Waals surface area (Å²) in [5, 5.41) is 11.9. The van der Waals surface area contributed by atoms with E-state index in [-0.39, 0.29) is 13.2 Å². The van der Waals surface area contributed by atoms with Crippen molar-refractivity contribution in [1.82, 2.24) is 5.32 Å². The van der Waals surface area contributed by atoms with Gasteiger partial charge in [0.25, 0.3) is 0 Å². The summed E-state index contributed by atoms with van der Waals surface area (Å²) in [6.07, 6.45) is 0. The molecule has 0 fully saturated rings. The van der Waals surface area contributed by atoms with Crippen molar-refractivity contribution in [3.8, 4) is 0 Å². The smallest absolute Gasteiger partial charge is 0.194 e. The number of rotatable bonds is 5. The van der Waals surface area contributed by atoms with Crippen molar-refractivity contribution in [1.29, 1.82) is 0 Å². The van der Waals surface area contributed by atoms with Crippen molar-refractivity contribution in [3.63, 3.8) is 0 Å². The van der Waals surface area contributed by atoms with Gasteiger partial charge in [-0.3, -0.25) is 0 Å². The summed E-state index contributed by atoms with van der Waals surface area (Å²) in [6.45, 7) is 0.726. The van der Waals surface area contributed by atoms with E-state index in [1.807, 2.05) is 12.1 Å². The average molecular weight is 281 g/mol. The minimum Gasteiger partial charge on any atom is -0.392 e. The molecule has 2 N–H and O–H groups in total. The Balaban J connectivity index is 1.92. The summed E-state index contributed by atoms with van der Waals surface area (Å²) in [6, 6.07) is 9.25. The van der Waals surface area contributed by atoms with Crippen molar-refractivity contribution < 1.29 is 18.3 Å². The normalized spacial score (nSPS) is 10.8. The Hall–Kier alpha value is -1.85. The van der Waals surface area contributed by atoms with Crippen LogP contribution in [0, 0.1) is 17.5 Å². The van der Waals surface area contributed by atoms with Crippen molar-refractivity contribution in [2.24, 2.45) is 0 Å². The maximum absolute atomic E-state index is 13.0. The van der Waals surface area contributed by atoms with Crippen LogP contribution in [0.1, 0.15) is 16.7 Å². The van der Waals surface area contributed by atoms with Crippen LogP contribution in [0.25, 0.3) is 0 Å². The van der Waals surface area contributed by atoms with E-state index in [2.05, 4.69) is 5.32 Å². The Labute approximate surface area is 114 Å². The first-order chi connectivity index (χ1) is 9.60. The number of halogens is 3. The van der Waals surface area contributed by atoms with E-state index in [1.165, 1.54) is 0 Å². The van der Waals surface area contributed by atoms with Crippen LogP contribution in [-0.4, -0.2) is 5.11 Å². The molecule has 0 saturated heterocycles. The highest BCUT2D eigenvalue weighted by Crippen LogP contribution is 2.13. The van der Waals surface area contributed by atoms with Gasteiger partial charge >= 0.3 is 0 Å². The van der Waals surface area contributed by atoms with E-state index in [0.717, 1.165) is 23.3 Å². The zero-order chi connectivity index (χ0) is 14.5. The van der Waals surface area contributed by atoms with E-state index in [4.69, 9.17) is 5.11 Å². The number of benzene rings is 2. The first-order valence-corrected chi connectivity index (χ1v) is 6.13. The van der Waals surface area contributed by atoms with Crippen LogP contribution in [-0.2, 0) is 19.7 Å². The third kappa shape index (κ3) is 3.59. The van der Waals surface area contributed by atoms with E-state index < -0.39 is 17.5 Å². The molecular weight excluding hydrogens is 267 g/mol. The lowest BCUT2D eigenvalue weighted by Gasteiger charge is -2.07. The molecule has 0 saturated carbocycles. The molecule has 0 aliphatic carbocycles. The highest BCUT2D eigenvalue weighted by Gasteiger charge is 2.10. The number of hydrogen-bond donors (Lipinski definition) is 2. The summed E-state index contributed by atoms with van der Waals surface area (Å²) < 4.78 is 38.8. The predicted octanol–water partition coefficient (Wildman–Crippen LogP) is 2.89. The van der Waals surface area contributed by atoms with Crippen LogP contribution in [0.5, 0.6) is 0 Å². The van der Waals surface area contributed by atoms with Crippen LogP contribution in [0.2, 0.25) is 0 Å². The zero-order valence-corrected chi connectivity index (χ0v) is 10.7. The lowest BCUT2D eigenvalue weighted by atomic mass is 10.1. The molecule has 2 aromatic rings. The van der Waals surface area contributed by atoms with Gasteiger partial charge in [-0.15, -0.1) is 0 Å². The van der Waals surface area contributed by atoms with Gasteiger partial charge in [0.05, 0.1) is 6.61 Å². The Kier molecular flexibility index (Phi) is 4.76. The average Bonchev–Trinajstić information content (AvgIpc) is 2.45. The maximum atomic E-state index is 13.0. The second kappa shape index (κ2) is 6.54. The number of aliphatic hydroxyl groups is 1. The molecule has 0 aliphatic rings. The second-order valence-electron chi connectivity index (χ2n) is 4.45. The zero-order valence-electron chi connectivity index (χ0n) is 10.7. The summed E-state index contributed by atoms with van der Waals surface area (Å²) in [7, 11) is 0. The molecule has 2 nitrogen and oxygen atoms in total. The van der Waals surface area contributed by atoms with Gasteiger partial charge in [0, 0.05) is 13.1 Å². The van der Waals surface area contributed by atoms with Gasteiger partial charge in [-0.1, -0.05) is 24.3 Å². The molecule has 2 rings (SSSR count). The van der Waals surface area contributed by atoms with Gasteiger partial charge in [-0.25, -0.2) is 13.2 Å². The largest absolute Gasteiger partial charge is 0.392 e. The molecule has 0 aliphatic heterocycles. The summed E-state index contributed by atoms with van der Waals surface area (Å²) >= 11 is 0. The third-order valence-corrected chi connectivity index (χ3v) is 2.91. The molecular formula is C15H14F3NO. The van der Waals surface area contributed by atoms with Crippen molar-refractivity contribution >= 4 is 0 Å². The molecule has 106 valence electrons. The SMILES string of the molecule is OCc1ccc(CNCc2cc(F)c(F)c(F)c2)cc1. The van der Waals surface area contributed by atoms with Crippen LogP contribution in [0.15, 0.2) is 36.4 Å². The first kappa shape index (κ1) is 14.6. The van der Waals surface area contributed by atoms with Gasteiger partial charge in [0.2, 0.25) is 0 Å². The molecule has 0 amide bonds. The number of nitrogens with one attached hydrogen (secondary N) is 1. The lowest BCUT2D eigenvalue weighted by Crippen LogP contribution is -2.13.